The van der Waals surface area contributed by atoms with Crippen LogP contribution < -0.4 is 14.8 Å². The van der Waals surface area contributed by atoms with Crippen molar-refractivity contribution in [3.8, 4) is 22.8 Å². The van der Waals surface area contributed by atoms with E-state index in [-0.39, 0.29) is 0 Å². The Kier molecular flexibility index (Phi) is 6.45. The number of ether oxygens (including phenoxy) is 2. The van der Waals surface area contributed by atoms with Crippen LogP contribution in [-0.2, 0) is 20.2 Å². The average Bonchev–Trinajstić information content (AvgIpc) is 3.19. The standard InChI is InChI=1S/C27H29N3O2/c1-19-10-12-23(14-20(19)2)24-17-29-27(30(24)3)28-16-22-11-13-25(31-4)26(15-22)32-18-21-8-6-5-7-9-21/h5-15,17H,16,18H2,1-4H3,(H,28,29). The van der Waals surface area contributed by atoms with Crippen LogP contribution >= 0.6 is 0 Å². The zero-order valence-electron chi connectivity index (χ0n) is 19.1. The maximum Gasteiger partial charge on any atom is 0.203 e. The summed E-state index contributed by atoms with van der Waals surface area (Å²) in [4.78, 5) is 4.59. The lowest BCUT2D eigenvalue weighted by Crippen LogP contribution is -2.06. The third-order valence-corrected chi connectivity index (χ3v) is 5.71. The molecule has 5 heteroatoms. The Morgan fingerprint density at radius 3 is 2.44 bits per heavy atom. The van der Waals surface area contributed by atoms with Gasteiger partial charge in [0.25, 0.3) is 0 Å². The van der Waals surface area contributed by atoms with Gasteiger partial charge in [0.15, 0.2) is 11.5 Å². The molecule has 32 heavy (non-hydrogen) atoms. The molecule has 0 saturated carbocycles. The molecule has 0 aliphatic rings. The molecule has 1 N–H and O–H groups in total. The number of rotatable bonds is 8. The molecule has 0 unspecified atom stereocenters. The third kappa shape index (κ3) is 4.78. The molecule has 3 aromatic carbocycles. The van der Waals surface area contributed by atoms with Gasteiger partial charge in [-0.2, -0.15) is 0 Å². The molecule has 0 aliphatic carbocycles. The van der Waals surface area contributed by atoms with Crippen LogP contribution in [0.3, 0.4) is 0 Å². The van der Waals surface area contributed by atoms with Gasteiger partial charge in [-0.15, -0.1) is 0 Å². The van der Waals surface area contributed by atoms with Crippen LogP contribution in [0, 0.1) is 13.8 Å². The Balaban J connectivity index is 1.46. The molecule has 0 fully saturated rings. The highest BCUT2D eigenvalue weighted by Crippen LogP contribution is 2.30. The Hall–Kier alpha value is -3.73. The molecule has 0 bridgehead atoms. The van der Waals surface area contributed by atoms with Crippen molar-refractivity contribution < 1.29 is 9.47 Å². The predicted molar refractivity (Wildman–Crippen MR) is 129 cm³/mol. The Morgan fingerprint density at radius 2 is 1.69 bits per heavy atom. The van der Waals surface area contributed by atoms with E-state index >= 15 is 0 Å². The summed E-state index contributed by atoms with van der Waals surface area (Å²) in [5.41, 5.74) is 7.02. The monoisotopic (exact) mass is 427 g/mol. The van der Waals surface area contributed by atoms with Gasteiger partial charge in [-0.3, -0.25) is 0 Å². The maximum atomic E-state index is 6.04. The lowest BCUT2D eigenvalue weighted by Gasteiger charge is -2.13. The smallest absolute Gasteiger partial charge is 0.203 e. The molecule has 0 aliphatic heterocycles. The molecule has 0 amide bonds. The molecule has 5 nitrogen and oxygen atoms in total. The molecule has 0 atom stereocenters. The predicted octanol–water partition coefficient (Wildman–Crippen LogP) is 5.90. The van der Waals surface area contributed by atoms with Gasteiger partial charge in [-0.1, -0.05) is 48.5 Å². The van der Waals surface area contributed by atoms with E-state index in [9.17, 15) is 0 Å². The number of methoxy groups -OCH3 is 1. The zero-order chi connectivity index (χ0) is 22.5. The van der Waals surface area contributed by atoms with Gasteiger partial charge in [0.05, 0.1) is 19.0 Å². The van der Waals surface area contributed by atoms with Crippen molar-refractivity contribution in [2.75, 3.05) is 12.4 Å². The van der Waals surface area contributed by atoms with Gasteiger partial charge in [0, 0.05) is 19.2 Å². The topological polar surface area (TPSA) is 48.3 Å². The minimum atomic E-state index is 0.493. The third-order valence-electron chi connectivity index (χ3n) is 5.71. The van der Waals surface area contributed by atoms with E-state index in [1.807, 2.05) is 61.8 Å². The Bertz CT molecular complexity index is 1200. The molecule has 4 aromatic rings. The second-order valence-electron chi connectivity index (χ2n) is 7.94. The van der Waals surface area contributed by atoms with Gasteiger partial charge < -0.3 is 19.4 Å². The van der Waals surface area contributed by atoms with E-state index in [0.29, 0.717) is 13.2 Å². The molecule has 0 radical (unpaired) electrons. The van der Waals surface area contributed by atoms with Crippen LogP contribution in [0.15, 0.2) is 72.9 Å². The number of hydrogen-bond acceptors (Lipinski definition) is 4. The second-order valence-corrected chi connectivity index (χ2v) is 7.94. The Labute approximate surface area is 189 Å². The highest BCUT2D eigenvalue weighted by molar-refractivity contribution is 5.63. The zero-order valence-corrected chi connectivity index (χ0v) is 19.1. The fourth-order valence-corrected chi connectivity index (χ4v) is 3.60. The average molecular weight is 428 g/mol. The normalized spacial score (nSPS) is 10.8. The molecule has 1 heterocycles. The summed E-state index contributed by atoms with van der Waals surface area (Å²) in [6.07, 6.45) is 1.91. The first-order chi connectivity index (χ1) is 15.5. The van der Waals surface area contributed by atoms with E-state index in [2.05, 4.69) is 46.9 Å². The van der Waals surface area contributed by atoms with Crippen molar-refractivity contribution in [3.63, 3.8) is 0 Å². The van der Waals surface area contributed by atoms with Crippen molar-refractivity contribution in [2.24, 2.45) is 7.05 Å². The van der Waals surface area contributed by atoms with E-state index in [4.69, 9.17) is 9.47 Å². The number of nitrogens with one attached hydrogen (secondary N) is 1. The van der Waals surface area contributed by atoms with Gasteiger partial charge in [-0.25, -0.2) is 4.98 Å². The minimum Gasteiger partial charge on any atom is -0.493 e. The molecule has 4 rings (SSSR count). The number of nitrogens with zero attached hydrogens (tertiary/aromatic N) is 2. The summed E-state index contributed by atoms with van der Waals surface area (Å²) in [6.45, 7) is 5.38. The first-order valence-electron chi connectivity index (χ1n) is 10.7. The summed E-state index contributed by atoms with van der Waals surface area (Å²) in [6, 6.07) is 22.6. The second kappa shape index (κ2) is 9.60. The van der Waals surface area contributed by atoms with Crippen LogP contribution in [0.1, 0.15) is 22.3 Å². The quantitative estimate of drug-likeness (QED) is 0.380. The Morgan fingerprint density at radius 1 is 0.875 bits per heavy atom. The summed E-state index contributed by atoms with van der Waals surface area (Å²) in [5, 5.41) is 3.44. The van der Waals surface area contributed by atoms with Gasteiger partial charge in [0.1, 0.15) is 6.61 Å². The van der Waals surface area contributed by atoms with Crippen molar-refractivity contribution in [2.45, 2.75) is 27.0 Å². The van der Waals surface area contributed by atoms with Crippen LogP contribution in [0.2, 0.25) is 0 Å². The summed E-state index contributed by atoms with van der Waals surface area (Å²) in [7, 11) is 3.69. The molecule has 164 valence electrons. The van der Waals surface area contributed by atoms with E-state index in [1.54, 1.807) is 7.11 Å². The molecule has 0 saturated heterocycles. The molecular weight excluding hydrogens is 398 g/mol. The largest absolute Gasteiger partial charge is 0.493 e. The van der Waals surface area contributed by atoms with Gasteiger partial charge >= 0.3 is 0 Å². The van der Waals surface area contributed by atoms with Crippen molar-refractivity contribution >= 4 is 5.95 Å². The van der Waals surface area contributed by atoms with Crippen molar-refractivity contribution in [1.82, 2.24) is 9.55 Å². The molecular formula is C27H29N3O2. The van der Waals surface area contributed by atoms with Crippen LogP contribution in [0.4, 0.5) is 5.95 Å². The van der Waals surface area contributed by atoms with Crippen LogP contribution in [0.5, 0.6) is 11.5 Å². The van der Waals surface area contributed by atoms with Gasteiger partial charge in [-0.05, 0) is 54.3 Å². The van der Waals surface area contributed by atoms with E-state index < -0.39 is 0 Å². The van der Waals surface area contributed by atoms with Gasteiger partial charge in [0.2, 0.25) is 5.95 Å². The number of hydrogen-bond donors (Lipinski definition) is 1. The SMILES string of the molecule is COc1ccc(CNc2ncc(-c3ccc(C)c(C)c3)n2C)cc1OCc1ccccc1. The number of imidazole rings is 1. The maximum absolute atomic E-state index is 6.04. The fourth-order valence-electron chi connectivity index (χ4n) is 3.60. The van der Waals surface area contributed by atoms with E-state index in [0.717, 1.165) is 39.8 Å². The molecule has 0 spiro atoms. The highest BCUT2D eigenvalue weighted by atomic mass is 16.5. The summed E-state index contributed by atoms with van der Waals surface area (Å²) < 4.78 is 13.6. The summed E-state index contributed by atoms with van der Waals surface area (Å²) >= 11 is 0. The first kappa shape index (κ1) is 21.5. The lowest BCUT2D eigenvalue weighted by molar-refractivity contribution is 0.284. The molecule has 1 aromatic heterocycles. The van der Waals surface area contributed by atoms with E-state index in [1.165, 1.54) is 11.1 Å². The number of benzene rings is 3. The number of aryl methyl sites for hydroxylation is 2. The number of anilines is 1. The highest BCUT2D eigenvalue weighted by Gasteiger charge is 2.11. The fraction of sp³-hybridized carbons (Fsp3) is 0.222. The first-order valence-corrected chi connectivity index (χ1v) is 10.7. The van der Waals surface area contributed by atoms with Crippen molar-refractivity contribution in [1.29, 1.82) is 0 Å². The lowest BCUT2D eigenvalue weighted by atomic mass is 10.0. The number of aromatic nitrogens is 2. The van der Waals surface area contributed by atoms with Crippen molar-refractivity contribution in [3.05, 3.63) is 95.2 Å². The minimum absolute atomic E-state index is 0.493. The summed E-state index contributed by atoms with van der Waals surface area (Å²) in [5.74, 6) is 2.27. The van der Waals surface area contributed by atoms with Crippen LogP contribution in [0.25, 0.3) is 11.3 Å². The van der Waals surface area contributed by atoms with Crippen LogP contribution in [-0.4, -0.2) is 16.7 Å².